The van der Waals surface area contributed by atoms with E-state index < -0.39 is 17.4 Å². The van der Waals surface area contributed by atoms with Gasteiger partial charge in [-0.2, -0.15) is 13.2 Å². The van der Waals surface area contributed by atoms with Gasteiger partial charge < -0.3 is 20.7 Å². The molecule has 3 heterocycles. The first-order valence-electron chi connectivity index (χ1n) is 7.77. The van der Waals surface area contributed by atoms with Crippen molar-refractivity contribution in [1.82, 2.24) is 14.9 Å². The minimum absolute atomic E-state index is 0.121. The van der Waals surface area contributed by atoms with Crippen LogP contribution < -0.4 is 11.1 Å². The highest BCUT2D eigenvalue weighted by molar-refractivity contribution is 5.94. The van der Waals surface area contributed by atoms with E-state index in [0.717, 1.165) is 6.07 Å². The van der Waals surface area contributed by atoms with Crippen LogP contribution in [0, 0.1) is 0 Å². The first-order valence-corrected chi connectivity index (χ1v) is 7.77. The number of morpholine rings is 1. The fourth-order valence-electron chi connectivity index (χ4n) is 2.45. The third-order valence-electron chi connectivity index (χ3n) is 3.81. The number of nitrogens with two attached hydrogens (primary N) is 1. The normalized spacial score (nSPS) is 15.0. The van der Waals surface area contributed by atoms with Gasteiger partial charge in [-0.25, -0.2) is 9.97 Å². The molecule has 0 saturated carbocycles. The topological polar surface area (TPSA) is 93.4 Å². The van der Waals surface area contributed by atoms with Crippen LogP contribution in [0.4, 0.5) is 30.5 Å². The highest BCUT2D eigenvalue weighted by Crippen LogP contribution is 2.34. The molecule has 7 nitrogen and oxygen atoms in total. The second-order valence-electron chi connectivity index (χ2n) is 5.62. The average Bonchev–Trinajstić information content (AvgIpc) is 2.61. The molecule has 0 radical (unpaired) electrons. The molecular formula is C16H16F3N5O2. The predicted molar refractivity (Wildman–Crippen MR) is 87.9 cm³/mol. The van der Waals surface area contributed by atoms with Crippen LogP contribution in [-0.4, -0.2) is 47.1 Å². The number of anilines is 3. The first kappa shape index (κ1) is 17.9. The third-order valence-corrected chi connectivity index (χ3v) is 3.81. The Balaban J connectivity index is 1.69. The van der Waals surface area contributed by atoms with Crippen LogP contribution in [0.1, 0.15) is 15.9 Å². The van der Waals surface area contributed by atoms with Crippen LogP contribution >= 0.6 is 0 Å². The van der Waals surface area contributed by atoms with Crippen molar-refractivity contribution in [3.63, 3.8) is 0 Å². The van der Waals surface area contributed by atoms with E-state index in [1.807, 2.05) is 0 Å². The van der Waals surface area contributed by atoms with Crippen LogP contribution in [0.25, 0.3) is 0 Å². The van der Waals surface area contributed by atoms with Gasteiger partial charge in [0.15, 0.2) is 0 Å². The summed E-state index contributed by atoms with van der Waals surface area (Å²) in [7, 11) is 0. The van der Waals surface area contributed by atoms with Gasteiger partial charge >= 0.3 is 6.18 Å². The molecular weight excluding hydrogens is 351 g/mol. The predicted octanol–water partition coefficient (Wildman–Crippen LogP) is 2.29. The zero-order chi connectivity index (χ0) is 18.7. The minimum atomic E-state index is -4.56. The summed E-state index contributed by atoms with van der Waals surface area (Å²) >= 11 is 0. The molecule has 2 aromatic rings. The van der Waals surface area contributed by atoms with E-state index in [1.165, 1.54) is 6.20 Å². The summed E-state index contributed by atoms with van der Waals surface area (Å²) in [6.45, 7) is 2.04. The van der Waals surface area contributed by atoms with Gasteiger partial charge in [0.2, 0.25) is 0 Å². The van der Waals surface area contributed by atoms with Gasteiger partial charge in [0, 0.05) is 37.2 Å². The van der Waals surface area contributed by atoms with E-state index in [9.17, 15) is 18.0 Å². The number of carbonyl (C=O) groups excluding carboxylic acids is 1. The standard InChI is InChI=1S/C16H16F3N5O2/c17-16(18,19)11-9-22-14(7-12(11)20)23-13-2-1-10(8-21-13)15(25)24-3-5-26-6-4-24/h1-2,7-9H,3-6H2,(H3,20,21,22,23). The Hall–Kier alpha value is -2.88. The van der Waals surface area contributed by atoms with Gasteiger partial charge in [0.05, 0.1) is 24.3 Å². The molecule has 0 aliphatic carbocycles. The van der Waals surface area contributed by atoms with E-state index in [0.29, 0.717) is 43.9 Å². The Morgan fingerprint density at radius 1 is 1.15 bits per heavy atom. The Morgan fingerprint density at radius 3 is 2.42 bits per heavy atom. The molecule has 1 aliphatic rings. The van der Waals surface area contributed by atoms with Gasteiger partial charge in [-0.15, -0.1) is 0 Å². The number of aromatic nitrogens is 2. The lowest BCUT2D eigenvalue weighted by molar-refractivity contribution is -0.137. The number of amides is 1. The molecule has 1 amide bonds. The minimum Gasteiger partial charge on any atom is -0.398 e. The summed E-state index contributed by atoms with van der Waals surface area (Å²) in [5.41, 5.74) is 4.41. The number of hydrogen-bond acceptors (Lipinski definition) is 6. The Kier molecular flexibility index (Phi) is 4.94. The third kappa shape index (κ3) is 4.02. The molecule has 10 heteroatoms. The molecule has 0 unspecified atom stereocenters. The summed E-state index contributed by atoms with van der Waals surface area (Å²) in [5, 5.41) is 2.75. The van der Waals surface area contributed by atoms with E-state index in [1.54, 1.807) is 17.0 Å². The summed E-state index contributed by atoms with van der Waals surface area (Å²) < 4.78 is 43.3. The van der Waals surface area contributed by atoms with Crippen molar-refractivity contribution in [2.24, 2.45) is 0 Å². The number of nitrogens with one attached hydrogen (secondary N) is 1. The summed E-state index contributed by atoms with van der Waals surface area (Å²) in [6, 6.07) is 4.21. The average molecular weight is 367 g/mol. The summed E-state index contributed by atoms with van der Waals surface area (Å²) in [5.74, 6) is 0.301. The largest absolute Gasteiger partial charge is 0.419 e. The molecule has 1 aliphatic heterocycles. The fourth-order valence-corrected chi connectivity index (χ4v) is 2.45. The smallest absolute Gasteiger partial charge is 0.398 e. The molecule has 3 rings (SSSR count). The van der Waals surface area contributed by atoms with Gasteiger partial charge in [-0.1, -0.05) is 0 Å². The van der Waals surface area contributed by atoms with Crippen molar-refractivity contribution in [1.29, 1.82) is 0 Å². The van der Waals surface area contributed by atoms with Gasteiger partial charge in [-0.3, -0.25) is 4.79 Å². The quantitative estimate of drug-likeness (QED) is 0.865. The number of ether oxygens (including phenoxy) is 1. The Labute approximate surface area is 147 Å². The van der Waals surface area contributed by atoms with Crippen LogP contribution in [0.3, 0.4) is 0 Å². The number of hydrogen-bond donors (Lipinski definition) is 2. The lowest BCUT2D eigenvalue weighted by Crippen LogP contribution is -2.40. The zero-order valence-corrected chi connectivity index (χ0v) is 13.6. The Morgan fingerprint density at radius 2 is 1.85 bits per heavy atom. The van der Waals surface area contributed by atoms with Crippen molar-refractivity contribution in [2.45, 2.75) is 6.18 Å². The highest BCUT2D eigenvalue weighted by atomic mass is 19.4. The molecule has 0 spiro atoms. The van der Waals surface area contributed by atoms with E-state index in [4.69, 9.17) is 10.5 Å². The second kappa shape index (κ2) is 7.16. The van der Waals surface area contributed by atoms with E-state index >= 15 is 0 Å². The Bertz CT molecular complexity index is 789. The van der Waals surface area contributed by atoms with Crippen molar-refractivity contribution in [3.05, 3.63) is 41.7 Å². The van der Waals surface area contributed by atoms with Gasteiger partial charge in [0.25, 0.3) is 5.91 Å². The molecule has 3 N–H and O–H groups in total. The second-order valence-corrected chi connectivity index (χ2v) is 5.62. The molecule has 2 aromatic heterocycles. The van der Waals surface area contributed by atoms with Gasteiger partial charge in [-0.05, 0) is 12.1 Å². The molecule has 0 atom stereocenters. The number of rotatable bonds is 3. The lowest BCUT2D eigenvalue weighted by atomic mass is 10.2. The first-order chi connectivity index (χ1) is 12.3. The molecule has 0 aromatic carbocycles. The van der Waals surface area contributed by atoms with Crippen molar-refractivity contribution >= 4 is 23.2 Å². The van der Waals surface area contributed by atoms with E-state index in [2.05, 4.69) is 15.3 Å². The molecule has 0 bridgehead atoms. The van der Waals surface area contributed by atoms with Crippen molar-refractivity contribution in [2.75, 3.05) is 37.4 Å². The van der Waals surface area contributed by atoms with E-state index in [-0.39, 0.29) is 11.7 Å². The number of halogens is 3. The van der Waals surface area contributed by atoms with Crippen LogP contribution in [0.5, 0.6) is 0 Å². The number of pyridine rings is 2. The summed E-state index contributed by atoms with van der Waals surface area (Å²) in [4.78, 5) is 21.8. The highest BCUT2D eigenvalue weighted by Gasteiger charge is 2.33. The number of nitrogen functional groups attached to an aromatic ring is 1. The van der Waals surface area contributed by atoms with Crippen molar-refractivity contribution in [3.8, 4) is 0 Å². The maximum absolute atomic E-state index is 12.7. The maximum atomic E-state index is 12.7. The molecule has 1 saturated heterocycles. The number of nitrogens with zero attached hydrogens (tertiary/aromatic N) is 3. The summed E-state index contributed by atoms with van der Waals surface area (Å²) in [6.07, 6.45) is -2.50. The molecule has 26 heavy (non-hydrogen) atoms. The van der Waals surface area contributed by atoms with Crippen LogP contribution in [0.2, 0.25) is 0 Å². The lowest BCUT2D eigenvalue weighted by Gasteiger charge is -2.26. The maximum Gasteiger partial charge on any atom is 0.419 e. The monoisotopic (exact) mass is 367 g/mol. The fraction of sp³-hybridized carbons (Fsp3) is 0.312. The van der Waals surface area contributed by atoms with Crippen molar-refractivity contribution < 1.29 is 22.7 Å². The SMILES string of the molecule is Nc1cc(Nc2ccc(C(=O)N3CCOCC3)cn2)ncc1C(F)(F)F. The van der Waals surface area contributed by atoms with Gasteiger partial charge in [0.1, 0.15) is 11.6 Å². The number of alkyl halides is 3. The molecule has 1 fully saturated rings. The zero-order valence-electron chi connectivity index (χ0n) is 13.6. The van der Waals surface area contributed by atoms with Crippen LogP contribution in [0.15, 0.2) is 30.6 Å². The molecule has 138 valence electrons. The number of carbonyl (C=O) groups is 1. The van der Waals surface area contributed by atoms with Crippen LogP contribution in [-0.2, 0) is 10.9 Å².